The molecule has 0 bridgehead atoms. The van der Waals surface area contributed by atoms with Crippen LogP contribution in [0.15, 0.2) is 66.9 Å². The number of H-pyrrole nitrogens is 1. The SMILES string of the molecule is O=C(Cc1cccc2cc[nH]c12)c1cc(NC(=O)C2C(c3cc(Cl)cc(Cl)c3)C2(Cl)Cl)ccc1Cl. The second kappa shape index (κ2) is 9.34. The van der Waals surface area contributed by atoms with Gasteiger partial charge in [-0.25, -0.2) is 0 Å². The lowest BCUT2D eigenvalue weighted by Crippen LogP contribution is -2.17. The van der Waals surface area contributed by atoms with Crippen LogP contribution in [0.25, 0.3) is 10.9 Å². The molecule has 1 aliphatic rings. The average Bonchev–Trinajstić information content (AvgIpc) is 3.12. The summed E-state index contributed by atoms with van der Waals surface area (Å²) in [6.07, 6.45) is 1.99. The van der Waals surface area contributed by atoms with Gasteiger partial charge < -0.3 is 10.3 Å². The van der Waals surface area contributed by atoms with Gasteiger partial charge in [0.2, 0.25) is 5.91 Å². The minimum Gasteiger partial charge on any atom is -0.361 e. The molecular formula is C26H17Cl5N2O2. The zero-order chi connectivity index (χ0) is 24.9. The second-order valence-electron chi connectivity index (χ2n) is 8.48. The number of nitrogens with one attached hydrogen (secondary N) is 2. The number of amides is 1. The second-order valence-corrected chi connectivity index (χ2v) is 11.2. The molecule has 9 heteroatoms. The molecule has 2 N–H and O–H groups in total. The van der Waals surface area contributed by atoms with Crippen LogP contribution in [-0.2, 0) is 11.2 Å². The smallest absolute Gasteiger partial charge is 0.231 e. The summed E-state index contributed by atoms with van der Waals surface area (Å²) >= 11 is 31.4. The number of carbonyl (C=O) groups is 2. The number of fused-ring (bicyclic) bond motifs is 1. The normalized spacial score (nSPS) is 18.4. The first-order valence-electron chi connectivity index (χ1n) is 10.7. The number of alkyl halides is 2. The molecule has 1 amide bonds. The Hall–Kier alpha value is -2.21. The van der Waals surface area contributed by atoms with Crippen molar-refractivity contribution in [1.29, 1.82) is 0 Å². The van der Waals surface area contributed by atoms with Gasteiger partial charge in [-0.3, -0.25) is 9.59 Å². The quantitative estimate of drug-likeness (QED) is 0.183. The first-order valence-corrected chi connectivity index (χ1v) is 12.6. The van der Waals surface area contributed by atoms with E-state index in [1.807, 2.05) is 30.5 Å². The topological polar surface area (TPSA) is 62.0 Å². The summed E-state index contributed by atoms with van der Waals surface area (Å²) in [6.45, 7) is 0. The van der Waals surface area contributed by atoms with Crippen LogP contribution in [0.2, 0.25) is 15.1 Å². The minimum atomic E-state index is -1.31. The molecule has 1 heterocycles. The first-order chi connectivity index (χ1) is 16.6. The van der Waals surface area contributed by atoms with Crippen molar-refractivity contribution in [2.75, 3.05) is 5.32 Å². The molecule has 1 aromatic heterocycles. The van der Waals surface area contributed by atoms with Crippen LogP contribution < -0.4 is 5.32 Å². The average molecular weight is 567 g/mol. The number of hydrogen-bond acceptors (Lipinski definition) is 2. The van der Waals surface area contributed by atoms with E-state index in [9.17, 15) is 9.59 Å². The van der Waals surface area contributed by atoms with Gasteiger partial charge in [0.05, 0.1) is 10.9 Å². The molecule has 35 heavy (non-hydrogen) atoms. The summed E-state index contributed by atoms with van der Waals surface area (Å²) in [5.74, 6) is -1.75. The van der Waals surface area contributed by atoms with Crippen LogP contribution >= 0.6 is 58.0 Å². The number of Topliss-reactive ketones (excluding diaryl/α,β-unsaturated/α-hetero) is 1. The molecule has 1 aliphatic carbocycles. The number of halogens is 5. The van der Waals surface area contributed by atoms with Gasteiger partial charge in [-0.05, 0) is 59.0 Å². The fourth-order valence-corrected chi connectivity index (χ4v) is 6.02. The predicted octanol–water partition coefficient (Wildman–Crippen LogP) is 8.08. The van der Waals surface area contributed by atoms with Crippen molar-refractivity contribution in [3.63, 3.8) is 0 Å². The van der Waals surface area contributed by atoms with Crippen molar-refractivity contribution in [1.82, 2.24) is 4.98 Å². The Kier molecular flexibility index (Phi) is 6.54. The first kappa shape index (κ1) is 24.5. The van der Waals surface area contributed by atoms with Crippen LogP contribution in [0.3, 0.4) is 0 Å². The molecule has 4 nitrogen and oxygen atoms in total. The number of aromatic nitrogens is 1. The molecule has 0 aliphatic heterocycles. The van der Waals surface area contributed by atoms with E-state index in [-0.39, 0.29) is 18.1 Å². The van der Waals surface area contributed by atoms with E-state index < -0.39 is 16.2 Å². The molecule has 2 atom stereocenters. The standard InChI is InChI=1S/C26H17Cl5N2O2/c27-16-8-15(9-17(28)11-16)22-23(26(22,30)31)25(35)33-18-4-5-20(29)19(12-18)21(34)10-14-3-1-2-13-6-7-32-24(13)14/h1-9,11-12,22-23,32H,10H2,(H,33,35). The fraction of sp³-hybridized carbons (Fsp3) is 0.154. The molecule has 0 radical (unpaired) electrons. The fourth-order valence-electron chi connectivity index (χ4n) is 4.42. The van der Waals surface area contributed by atoms with Crippen LogP contribution in [-0.4, -0.2) is 21.0 Å². The van der Waals surface area contributed by atoms with Gasteiger partial charge in [-0.2, -0.15) is 0 Å². The Morgan fingerprint density at radius 2 is 1.69 bits per heavy atom. The van der Waals surface area contributed by atoms with Crippen LogP contribution in [0.1, 0.15) is 27.4 Å². The van der Waals surface area contributed by atoms with Crippen molar-refractivity contribution in [2.24, 2.45) is 5.92 Å². The Balaban J connectivity index is 1.35. The molecule has 4 aromatic rings. The van der Waals surface area contributed by atoms with Crippen LogP contribution in [0, 0.1) is 5.92 Å². The van der Waals surface area contributed by atoms with Crippen molar-refractivity contribution in [2.45, 2.75) is 16.7 Å². The highest BCUT2D eigenvalue weighted by atomic mass is 35.5. The Morgan fingerprint density at radius 1 is 0.943 bits per heavy atom. The monoisotopic (exact) mass is 564 g/mol. The maximum atomic E-state index is 13.1. The molecule has 5 rings (SSSR count). The molecule has 0 spiro atoms. The number of rotatable bonds is 6. The summed E-state index contributed by atoms with van der Waals surface area (Å²) < 4.78 is -1.31. The van der Waals surface area contributed by atoms with Gasteiger partial charge in [-0.1, -0.05) is 53.0 Å². The van der Waals surface area contributed by atoms with Crippen molar-refractivity contribution in [3.8, 4) is 0 Å². The number of anilines is 1. The lowest BCUT2D eigenvalue weighted by atomic mass is 10.0. The van der Waals surface area contributed by atoms with Gasteiger partial charge in [0.25, 0.3) is 0 Å². The lowest BCUT2D eigenvalue weighted by molar-refractivity contribution is -0.117. The molecule has 0 saturated heterocycles. The van der Waals surface area contributed by atoms with Crippen molar-refractivity contribution < 1.29 is 9.59 Å². The number of hydrogen-bond donors (Lipinski definition) is 2. The molecule has 1 saturated carbocycles. The number of carbonyl (C=O) groups excluding carboxylic acids is 2. The Morgan fingerprint density at radius 3 is 2.43 bits per heavy atom. The Bertz CT molecular complexity index is 1460. The zero-order valence-corrected chi connectivity index (χ0v) is 21.7. The third-order valence-electron chi connectivity index (χ3n) is 6.14. The van der Waals surface area contributed by atoms with Gasteiger partial charge in [0, 0.05) is 45.3 Å². The molecular weight excluding hydrogens is 550 g/mol. The van der Waals surface area contributed by atoms with E-state index >= 15 is 0 Å². The highest BCUT2D eigenvalue weighted by Gasteiger charge is 2.67. The van der Waals surface area contributed by atoms with Crippen molar-refractivity contribution >= 4 is 86.3 Å². The summed E-state index contributed by atoms with van der Waals surface area (Å²) in [5.41, 5.74) is 3.17. The Labute approximate surface area is 226 Å². The highest BCUT2D eigenvalue weighted by Crippen LogP contribution is 2.65. The summed E-state index contributed by atoms with van der Waals surface area (Å²) in [5, 5.41) is 4.99. The van der Waals surface area contributed by atoms with Gasteiger partial charge in [0.1, 0.15) is 4.33 Å². The largest absolute Gasteiger partial charge is 0.361 e. The number of benzene rings is 3. The van der Waals surface area contributed by atoms with E-state index in [0.29, 0.717) is 31.9 Å². The summed E-state index contributed by atoms with van der Waals surface area (Å²) in [6, 6.07) is 17.5. The van der Waals surface area contributed by atoms with E-state index in [1.54, 1.807) is 36.4 Å². The van der Waals surface area contributed by atoms with Gasteiger partial charge >= 0.3 is 0 Å². The number of ketones is 1. The highest BCUT2D eigenvalue weighted by molar-refractivity contribution is 6.53. The third kappa shape index (κ3) is 4.78. The zero-order valence-electron chi connectivity index (χ0n) is 17.9. The van der Waals surface area contributed by atoms with E-state index in [4.69, 9.17) is 58.0 Å². The van der Waals surface area contributed by atoms with Gasteiger partial charge in [0.15, 0.2) is 5.78 Å². The van der Waals surface area contributed by atoms with E-state index in [2.05, 4.69) is 10.3 Å². The summed E-state index contributed by atoms with van der Waals surface area (Å²) in [7, 11) is 0. The third-order valence-corrected chi connectivity index (χ3v) is 7.85. The predicted molar refractivity (Wildman–Crippen MR) is 144 cm³/mol. The maximum Gasteiger partial charge on any atom is 0.231 e. The molecule has 3 aromatic carbocycles. The molecule has 2 unspecified atom stereocenters. The van der Waals surface area contributed by atoms with Gasteiger partial charge in [-0.15, -0.1) is 23.2 Å². The molecule has 178 valence electrons. The maximum absolute atomic E-state index is 13.1. The summed E-state index contributed by atoms with van der Waals surface area (Å²) in [4.78, 5) is 29.3. The van der Waals surface area contributed by atoms with Crippen molar-refractivity contribution in [3.05, 3.63) is 98.6 Å². The lowest BCUT2D eigenvalue weighted by Gasteiger charge is -2.10. The number of aromatic amines is 1. The minimum absolute atomic E-state index is 0.154. The van der Waals surface area contributed by atoms with E-state index in [1.165, 1.54) is 0 Å². The van der Waals surface area contributed by atoms with E-state index in [0.717, 1.165) is 16.5 Å². The number of para-hydroxylation sites is 1. The van der Waals surface area contributed by atoms with Crippen LogP contribution in [0.5, 0.6) is 0 Å². The molecule has 1 fully saturated rings. The van der Waals surface area contributed by atoms with Crippen LogP contribution in [0.4, 0.5) is 5.69 Å².